The second-order valence-corrected chi connectivity index (χ2v) is 14.7. The van der Waals surface area contributed by atoms with E-state index in [2.05, 4.69) is 26.0 Å². The van der Waals surface area contributed by atoms with Crippen LogP contribution in [0.15, 0.2) is 12.2 Å². The van der Waals surface area contributed by atoms with Gasteiger partial charge in [-0.1, -0.05) is 225 Å². The summed E-state index contributed by atoms with van der Waals surface area (Å²) in [6.45, 7) is 5.22. The number of allylic oxidation sites excluding steroid dienone is 2. The van der Waals surface area contributed by atoms with Crippen molar-refractivity contribution in [1.29, 1.82) is 0 Å². The Labute approximate surface area is 291 Å². The third kappa shape index (κ3) is 41.2. The highest BCUT2D eigenvalue weighted by Crippen LogP contribution is 2.16. The second kappa shape index (κ2) is 42.2. The lowest BCUT2D eigenvalue weighted by Gasteiger charge is -2.06. The number of esters is 1. The van der Waals surface area contributed by atoms with Crippen LogP contribution in [0.2, 0.25) is 0 Å². The van der Waals surface area contributed by atoms with Crippen molar-refractivity contribution in [3.8, 4) is 0 Å². The van der Waals surface area contributed by atoms with Crippen LogP contribution in [-0.2, 0) is 9.53 Å². The summed E-state index contributed by atoms with van der Waals surface area (Å²) in [6, 6.07) is 0. The average Bonchev–Trinajstić information content (AvgIpc) is 3.06. The molecule has 0 spiro atoms. The number of hydrogen-bond donors (Lipinski definition) is 0. The van der Waals surface area contributed by atoms with Gasteiger partial charge >= 0.3 is 5.97 Å². The van der Waals surface area contributed by atoms with Crippen molar-refractivity contribution in [2.75, 3.05) is 6.61 Å². The summed E-state index contributed by atoms with van der Waals surface area (Å²) in [5.74, 6) is 0.0267. The van der Waals surface area contributed by atoms with Crippen molar-refractivity contribution < 1.29 is 9.53 Å². The minimum atomic E-state index is 0.0267. The largest absolute Gasteiger partial charge is 0.466 e. The maximum absolute atomic E-state index is 12.0. The van der Waals surface area contributed by atoms with Crippen LogP contribution in [0.3, 0.4) is 0 Å². The molecule has 0 atom stereocenters. The highest BCUT2D eigenvalue weighted by Gasteiger charge is 2.03. The van der Waals surface area contributed by atoms with Crippen molar-refractivity contribution in [1.82, 2.24) is 0 Å². The molecule has 0 N–H and O–H groups in total. The summed E-state index contributed by atoms with van der Waals surface area (Å²) in [7, 11) is 0. The highest BCUT2D eigenvalue weighted by molar-refractivity contribution is 5.69. The summed E-state index contributed by atoms with van der Waals surface area (Å²) in [4.78, 5) is 12.0. The smallest absolute Gasteiger partial charge is 0.305 e. The van der Waals surface area contributed by atoms with Gasteiger partial charge in [-0.2, -0.15) is 0 Å². The first-order valence-corrected chi connectivity index (χ1v) is 21.6. The van der Waals surface area contributed by atoms with E-state index < -0.39 is 0 Å². The van der Waals surface area contributed by atoms with Crippen LogP contribution in [0.1, 0.15) is 258 Å². The molecule has 0 radical (unpaired) electrons. The van der Waals surface area contributed by atoms with Crippen LogP contribution in [0.4, 0.5) is 0 Å². The molecule has 0 unspecified atom stereocenters. The van der Waals surface area contributed by atoms with Gasteiger partial charge in [-0.25, -0.2) is 0 Å². The molecule has 0 saturated carbocycles. The molecule has 2 heteroatoms. The van der Waals surface area contributed by atoms with Crippen LogP contribution >= 0.6 is 0 Å². The first-order chi connectivity index (χ1) is 22.8. The van der Waals surface area contributed by atoms with E-state index in [9.17, 15) is 4.79 Å². The van der Waals surface area contributed by atoms with Gasteiger partial charge in [-0.15, -0.1) is 0 Å². The van der Waals surface area contributed by atoms with Crippen LogP contribution in [0.5, 0.6) is 0 Å². The van der Waals surface area contributed by atoms with E-state index in [1.807, 2.05) is 0 Å². The third-order valence-corrected chi connectivity index (χ3v) is 9.90. The summed E-state index contributed by atoms with van der Waals surface area (Å²) in [6.07, 6.45) is 56.0. The Morgan fingerprint density at radius 1 is 0.348 bits per heavy atom. The fourth-order valence-electron chi connectivity index (χ4n) is 6.66. The molecule has 0 bridgehead atoms. The Morgan fingerprint density at radius 3 is 0.935 bits per heavy atom. The molecule has 0 aromatic rings. The van der Waals surface area contributed by atoms with E-state index in [1.165, 1.54) is 225 Å². The molecule has 0 aliphatic rings. The van der Waals surface area contributed by atoms with E-state index in [0.29, 0.717) is 13.0 Å². The first-order valence-electron chi connectivity index (χ1n) is 21.6. The molecule has 0 aliphatic heterocycles. The zero-order valence-corrected chi connectivity index (χ0v) is 32.0. The quantitative estimate of drug-likeness (QED) is 0.0376. The summed E-state index contributed by atoms with van der Waals surface area (Å²) in [5.41, 5.74) is 0. The molecule has 0 rings (SSSR count). The first kappa shape index (κ1) is 45.2. The lowest BCUT2D eigenvalue weighted by Crippen LogP contribution is -2.05. The fraction of sp³-hybridized carbons (Fsp3) is 0.932. The summed E-state index contributed by atoms with van der Waals surface area (Å²) < 4.78 is 5.47. The zero-order valence-electron chi connectivity index (χ0n) is 32.0. The van der Waals surface area contributed by atoms with Crippen molar-refractivity contribution in [2.45, 2.75) is 258 Å². The van der Waals surface area contributed by atoms with Gasteiger partial charge in [0.15, 0.2) is 0 Å². The van der Waals surface area contributed by atoms with Crippen molar-refractivity contribution >= 4 is 5.97 Å². The van der Waals surface area contributed by atoms with Crippen molar-refractivity contribution in [3.05, 3.63) is 12.2 Å². The molecule has 0 saturated heterocycles. The van der Waals surface area contributed by atoms with Crippen molar-refractivity contribution in [3.63, 3.8) is 0 Å². The van der Waals surface area contributed by atoms with E-state index >= 15 is 0 Å². The molecule has 0 aromatic carbocycles. The van der Waals surface area contributed by atoms with Gasteiger partial charge in [0, 0.05) is 6.42 Å². The van der Waals surface area contributed by atoms with Crippen LogP contribution in [0.25, 0.3) is 0 Å². The SMILES string of the molecule is CCCCCCCC/C=C/CCCCCCCCCCCC(=O)OCCCCCCCCCCCCCCCCCCCCCC. The number of rotatable bonds is 40. The summed E-state index contributed by atoms with van der Waals surface area (Å²) in [5, 5.41) is 0. The monoisotopic (exact) mass is 647 g/mol. The summed E-state index contributed by atoms with van der Waals surface area (Å²) >= 11 is 0. The van der Waals surface area contributed by atoms with E-state index in [4.69, 9.17) is 4.74 Å². The predicted molar refractivity (Wildman–Crippen MR) is 207 cm³/mol. The van der Waals surface area contributed by atoms with E-state index in [1.54, 1.807) is 0 Å². The highest BCUT2D eigenvalue weighted by atomic mass is 16.5. The lowest BCUT2D eigenvalue weighted by molar-refractivity contribution is -0.143. The Bertz CT molecular complexity index is 582. The number of carbonyl (C=O) groups excluding carboxylic acids is 1. The third-order valence-electron chi connectivity index (χ3n) is 9.90. The van der Waals surface area contributed by atoms with E-state index in [-0.39, 0.29) is 5.97 Å². The Balaban J connectivity index is 3.17. The molecule has 0 fully saturated rings. The molecule has 46 heavy (non-hydrogen) atoms. The minimum absolute atomic E-state index is 0.0267. The number of ether oxygens (including phenoxy) is 1. The fourth-order valence-corrected chi connectivity index (χ4v) is 6.66. The maximum atomic E-state index is 12.0. The Kier molecular flexibility index (Phi) is 41.5. The van der Waals surface area contributed by atoms with Gasteiger partial charge in [0.2, 0.25) is 0 Å². The molecular weight excluding hydrogens is 560 g/mol. The molecule has 0 aliphatic carbocycles. The average molecular weight is 647 g/mol. The van der Waals surface area contributed by atoms with Gasteiger partial charge in [0.25, 0.3) is 0 Å². The second-order valence-electron chi connectivity index (χ2n) is 14.7. The molecular formula is C44H86O2. The molecule has 2 nitrogen and oxygen atoms in total. The van der Waals surface area contributed by atoms with Gasteiger partial charge in [-0.3, -0.25) is 4.79 Å². The molecule has 274 valence electrons. The molecule has 0 amide bonds. The molecule has 0 aromatic heterocycles. The molecule has 0 heterocycles. The number of hydrogen-bond acceptors (Lipinski definition) is 2. The lowest BCUT2D eigenvalue weighted by atomic mass is 10.0. The Hall–Kier alpha value is -0.790. The standard InChI is InChI=1S/C44H86O2/c1-3-5-7-9-11-13-15-17-19-21-23-25-27-29-31-33-35-37-39-41-43-46-44(45)42-40-38-36-34-32-30-28-26-24-22-20-18-16-14-12-10-8-6-4-2/h18,20H,3-17,19,21-43H2,1-2H3/b20-18+. The van der Waals surface area contributed by atoms with Gasteiger partial charge in [0.1, 0.15) is 0 Å². The Morgan fingerprint density at radius 2 is 0.609 bits per heavy atom. The number of unbranched alkanes of at least 4 members (excludes halogenated alkanes) is 34. The van der Waals surface area contributed by atoms with E-state index in [0.717, 1.165) is 12.8 Å². The predicted octanol–water partition coefficient (Wildman–Crippen LogP) is 15.9. The van der Waals surface area contributed by atoms with Gasteiger partial charge in [0.05, 0.1) is 6.61 Å². The van der Waals surface area contributed by atoms with Crippen LogP contribution < -0.4 is 0 Å². The zero-order chi connectivity index (χ0) is 33.3. The normalized spacial score (nSPS) is 11.6. The van der Waals surface area contributed by atoms with Gasteiger partial charge < -0.3 is 4.74 Å². The van der Waals surface area contributed by atoms with Gasteiger partial charge in [-0.05, 0) is 38.5 Å². The van der Waals surface area contributed by atoms with Crippen LogP contribution in [-0.4, -0.2) is 12.6 Å². The topological polar surface area (TPSA) is 26.3 Å². The maximum Gasteiger partial charge on any atom is 0.305 e. The van der Waals surface area contributed by atoms with Crippen molar-refractivity contribution in [2.24, 2.45) is 0 Å². The minimum Gasteiger partial charge on any atom is -0.466 e. The van der Waals surface area contributed by atoms with Crippen LogP contribution in [0, 0.1) is 0 Å². The number of carbonyl (C=O) groups is 1.